The molecule has 2 aromatic heterocycles. The second-order valence-corrected chi connectivity index (χ2v) is 6.78. The van der Waals surface area contributed by atoms with Crippen molar-refractivity contribution in [3.63, 3.8) is 0 Å². The molecule has 0 spiro atoms. The Bertz CT molecular complexity index is 970. The lowest BCUT2D eigenvalue weighted by Crippen LogP contribution is -2.31. The molecule has 8 heteroatoms. The number of nitrogens with zero attached hydrogens (tertiary/aromatic N) is 2. The minimum Gasteiger partial charge on any atom is -0.481 e. The minimum absolute atomic E-state index is 0.00414. The van der Waals surface area contributed by atoms with Crippen LogP contribution < -0.4 is 4.74 Å². The minimum atomic E-state index is -0.555. The van der Waals surface area contributed by atoms with Gasteiger partial charge in [0.25, 0.3) is 5.91 Å². The highest BCUT2D eigenvalue weighted by Crippen LogP contribution is 2.33. The van der Waals surface area contributed by atoms with Gasteiger partial charge in [-0.15, -0.1) is 0 Å². The lowest BCUT2D eigenvalue weighted by Gasteiger charge is -2.20. The van der Waals surface area contributed by atoms with Gasteiger partial charge in [-0.1, -0.05) is 15.9 Å². The van der Waals surface area contributed by atoms with Gasteiger partial charge in [0.2, 0.25) is 0 Å². The highest BCUT2D eigenvalue weighted by atomic mass is 79.9. The van der Waals surface area contributed by atoms with Crippen LogP contribution in [0.3, 0.4) is 0 Å². The summed E-state index contributed by atoms with van der Waals surface area (Å²) in [4.78, 5) is 12.7. The van der Waals surface area contributed by atoms with Gasteiger partial charge < -0.3 is 13.6 Å². The van der Waals surface area contributed by atoms with Crippen molar-refractivity contribution in [1.82, 2.24) is 5.01 Å². The molecule has 138 valence electrons. The van der Waals surface area contributed by atoms with E-state index < -0.39 is 17.8 Å². The van der Waals surface area contributed by atoms with Crippen molar-refractivity contribution in [3.05, 3.63) is 76.8 Å². The Morgan fingerprint density at radius 2 is 2.07 bits per heavy atom. The van der Waals surface area contributed by atoms with Crippen molar-refractivity contribution >= 4 is 27.5 Å². The Hall–Kier alpha value is -2.87. The molecule has 1 amide bonds. The maximum absolute atomic E-state index is 13.9. The SMILES string of the molecule is O=C(COc1ccc(Br)cc1F)N1N=C(c2ccco2)C[C@H]1c1ccco1. The third-order valence-electron chi connectivity index (χ3n) is 4.09. The van der Waals surface area contributed by atoms with Crippen LogP contribution in [0.1, 0.15) is 24.0 Å². The zero-order valence-electron chi connectivity index (χ0n) is 14.0. The molecule has 0 N–H and O–H groups in total. The van der Waals surface area contributed by atoms with Crippen LogP contribution in [0.25, 0.3) is 0 Å². The number of rotatable bonds is 5. The molecule has 1 aliphatic rings. The molecule has 3 aromatic rings. The second-order valence-electron chi connectivity index (χ2n) is 5.86. The van der Waals surface area contributed by atoms with Crippen LogP contribution >= 0.6 is 15.9 Å². The summed E-state index contributed by atoms with van der Waals surface area (Å²) in [5, 5.41) is 5.68. The highest BCUT2D eigenvalue weighted by Gasteiger charge is 2.35. The first-order valence-electron chi connectivity index (χ1n) is 8.16. The van der Waals surface area contributed by atoms with E-state index in [0.29, 0.717) is 28.1 Å². The molecular weight excluding hydrogens is 419 g/mol. The molecule has 3 heterocycles. The molecule has 0 saturated heterocycles. The summed E-state index contributed by atoms with van der Waals surface area (Å²) in [6.07, 6.45) is 3.53. The van der Waals surface area contributed by atoms with E-state index in [1.54, 1.807) is 36.6 Å². The molecule has 6 nitrogen and oxygen atoms in total. The summed E-state index contributed by atoms with van der Waals surface area (Å²) in [6.45, 7) is -0.356. The van der Waals surface area contributed by atoms with Crippen molar-refractivity contribution in [2.45, 2.75) is 12.5 Å². The average molecular weight is 433 g/mol. The molecule has 1 aromatic carbocycles. The van der Waals surface area contributed by atoms with Gasteiger partial charge in [0.1, 0.15) is 23.3 Å². The van der Waals surface area contributed by atoms with E-state index in [1.807, 2.05) is 0 Å². The predicted octanol–water partition coefficient (Wildman–Crippen LogP) is 4.53. The summed E-state index contributed by atoms with van der Waals surface area (Å²) in [7, 11) is 0. The first-order chi connectivity index (χ1) is 13.1. The lowest BCUT2D eigenvalue weighted by molar-refractivity contribution is -0.135. The third-order valence-corrected chi connectivity index (χ3v) is 4.58. The first-order valence-corrected chi connectivity index (χ1v) is 8.96. The fourth-order valence-corrected chi connectivity index (χ4v) is 3.17. The molecule has 0 fully saturated rings. The van der Waals surface area contributed by atoms with E-state index in [2.05, 4.69) is 21.0 Å². The predicted molar refractivity (Wildman–Crippen MR) is 97.8 cm³/mol. The molecule has 0 aliphatic carbocycles. The maximum atomic E-state index is 13.9. The van der Waals surface area contributed by atoms with E-state index in [4.69, 9.17) is 13.6 Å². The Kier molecular flexibility index (Phi) is 4.81. The third kappa shape index (κ3) is 3.66. The zero-order chi connectivity index (χ0) is 18.8. The maximum Gasteiger partial charge on any atom is 0.281 e. The Balaban J connectivity index is 1.53. The number of benzene rings is 1. The van der Waals surface area contributed by atoms with Gasteiger partial charge in [-0.25, -0.2) is 9.40 Å². The lowest BCUT2D eigenvalue weighted by atomic mass is 10.1. The average Bonchev–Trinajstić information content (AvgIpc) is 3.40. The molecule has 1 aliphatic heterocycles. The van der Waals surface area contributed by atoms with Gasteiger partial charge in [0.15, 0.2) is 18.2 Å². The zero-order valence-corrected chi connectivity index (χ0v) is 15.6. The van der Waals surface area contributed by atoms with E-state index in [9.17, 15) is 9.18 Å². The van der Waals surface area contributed by atoms with Crippen molar-refractivity contribution in [2.24, 2.45) is 5.10 Å². The van der Waals surface area contributed by atoms with E-state index in [0.717, 1.165) is 0 Å². The molecule has 27 heavy (non-hydrogen) atoms. The van der Waals surface area contributed by atoms with Crippen LogP contribution in [0.15, 0.2) is 73.4 Å². The molecule has 0 saturated carbocycles. The topological polar surface area (TPSA) is 68.2 Å². The Morgan fingerprint density at radius 3 is 2.78 bits per heavy atom. The molecule has 0 bridgehead atoms. The molecule has 0 unspecified atom stereocenters. The standard InChI is InChI=1S/C19H14BrFN2O4/c20-12-5-6-16(13(21)9-12)27-11-19(24)23-15(18-4-2-8-26-18)10-14(22-23)17-3-1-7-25-17/h1-9,15H,10-11H2/t15-/m0/s1. The first kappa shape index (κ1) is 17.5. The van der Waals surface area contributed by atoms with Crippen molar-refractivity contribution in [3.8, 4) is 5.75 Å². The van der Waals surface area contributed by atoms with Crippen molar-refractivity contribution in [1.29, 1.82) is 0 Å². The molecule has 0 radical (unpaired) electrons. The summed E-state index contributed by atoms with van der Waals surface area (Å²) in [6, 6.07) is 11.0. The molecule has 4 rings (SSSR count). The smallest absolute Gasteiger partial charge is 0.281 e. The quantitative estimate of drug-likeness (QED) is 0.593. The Labute approximate surface area is 162 Å². The van der Waals surface area contributed by atoms with E-state index in [1.165, 1.54) is 23.4 Å². The number of halogens is 2. The number of hydrogen-bond acceptors (Lipinski definition) is 5. The largest absolute Gasteiger partial charge is 0.481 e. The van der Waals surface area contributed by atoms with E-state index in [-0.39, 0.29) is 12.4 Å². The summed E-state index contributed by atoms with van der Waals surface area (Å²) in [5.41, 5.74) is 0.629. The van der Waals surface area contributed by atoms with Gasteiger partial charge in [0.05, 0.1) is 12.5 Å². The van der Waals surface area contributed by atoms with E-state index >= 15 is 0 Å². The van der Waals surface area contributed by atoms with Crippen LogP contribution in [0.4, 0.5) is 4.39 Å². The van der Waals surface area contributed by atoms with Crippen molar-refractivity contribution in [2.75, 3.05) is 6.61 Å². The van der Waals surface area contributed by atoms with Gasteiger partial charge >= 0.3 is 0 Å². The van der Waals surface area contributed by atoms with Crippen molar-refractivity contribution < 1.29 is 22.8 Å². The number of furan rings is 2. The van der Waals surface area contributed by atoms with Gasteiger partial charge in [-0.3, -0.25) is 4.79 Å². The fourth-order valence-electron chi connectivity index (χ4n) is 2.83. The second kappa shape index (κ2) is 7.40. The van der Waals surface area contributed by atoms with Gasteiger partial charge in [-0.05, 0) is 42.5 Å². The van der Waals surface area contributed by atoms with Crippen LogP contribution in [-0.4, -0.2) is 23.2 Å². The summed E-state index contributed by atoms with van der Waals surface area (Å²) >= 11 is 3.18. The van der Waals surface area contributed by atoms with Crippen LogP contribution in [0, 0.1) is 5.82 Å². The number of carbonyl (C=O) groups is 1. The number of carbonyl (C=O) groups excluding carboxylic acids is 1. The number of hydrazone groups is 1. The van der Waals surface area contributed by atoms with Gasteiger partial charge in [-0.2, -0.15) is 5.10 Å². The molecular formula is C19H14BrFN2O4. The van der Waals surface area contributed by atoms with Crippen LogP contribution in [0.5, 0.6) is 5.75 Å². The van der Waals surface area contributed by atoms with Gasteiger partial charge in [0, 0.05) is 10.9 Å². The normalized spacial score (nSPS) is 16.4. The monoisotopic (exact) mass is 432 g/mol. The summed E-state index contributed by atoms with van der Waals surface area (Å²) < 4.78 is 30.7. The van der Waals surface area contributed by atoms with Crippen LogP contribution in [0.2, 0.25) is 0 Å². The fraction of sp³-hybridized carbons (Fsp3) is 0.158. The summed E-state index contributed by atoms with van der Waals surface area (Å²) in [5.74, 6) is 0.210. The number of hydrogen-bond donors (Lipinski definition) is 0. The Morgan fingerprint density at radius 1 is 1.26 bits per heavy atom. The highest BCUT2D eigenvalue weighted by molar-refractivity contribution is 9.10. The van der Waals surface area contributed by atoms with Crippen LogP contribution in [-0.2, 0) is 4.79 Å². The number of amides is 1. The molecule has 1 atom stereocenters. The number of ether oxygens (including phenoxy) is 1.